The van der Waals surface area contributed by atoms with E-state index in [9.17, 15) is 19.2 Å². The van der Waals surface area contributed by atoms with Crippen molar-refractivity contribution in [2.45, 2.75) is 0 Å². The highest BCUT2D eigenvalue weighted by Gasteiger charge is 2.34. The third-order valence-electron chi connectivity index (χ3n) is 5.50. The van der Waals surface area contributed by atoms with Crippen LogP contribution in [0.5, 0.6) is 0 Å². The van der Waals surface area contributed by atoms with E-state index in [1.807, 2.05) is 6.07 Å². The van der Waals surface area contributed by atoms with Crippen molar-refractivity contribution in [3.63, 3.8) is 0 Å². The SMILES string of the molecule is O=C(NCCN1C(=O)S/C(=C\c2cccnc2)C1=O)c1nn(-c2ccccc2)c(=O)c2ccccc12. The number of imide groups is 1. The number of rotatable bonds is 6. The largest absolute Gasteiger partial charge is 0.349 e. The van der Waals surface area contributed by atoms with Crippen LogP contribution in [0.1, 0.15) is 16.1 Å². The second kappa shape index (κ2) is 9.96. The Balaban J connectivity index is 1.34. The van der Waals surface area contributed by atoms with Gasteiger partial charge in [0.1, 0.15) is 0 Å². The summed E-state index contributed by atoms with van der Waals surface area (Å²) >= 11 is 0.843. The van der Waals surface area contributed by atoms with Gasteiger partial charge in [-0.3, -0.25) is 29.1 Å². The lowest BCUT2D eigenvalue weighted by molar-refractivity contribution is -0.122. The van der Waals surface area contributed by atoms with Crippen molar-refractivity contribution in [3.8, 4) is 5.69 Å². The van der Waals surface area contributed by atoms with Gasteiger partial charge in [0.2, 0.25) is 0 Å². The Morgan fingerprint density at radius 3 is 2.44 bits per heavy atom. The van der Waals surface area contributed by atoms with Crippen molar-refractivity contribution < 1.29 is 14.4 Å². The highest BCUT2D eigenvalue weighted by Crippen LogP contribution is 2.31. The Kier molecular flexibility index (Phi) is 6.42. The van der Waals surface area contributed by atoms with E-state index in [2.05, 4.69) is 15.4 Å². The molecule has 1 saturated heterocycles. The summed E-state index contributed by atoms with van der Waals surface area (Å²) in [5, 5.41) is 7.41. The molecule has 36 heavy (non-hydrogen) atoms. The average molecular weight is 498 g/mol. The Bertz CT molecular complexity index is 1570. The van der Waals surface area contributed by atoms with Gasteiger partial charge >= 0.3 is 0 Å². The van der Waals surface area contributed by atoms with Gasteiger partial charge in [-0.1, -0.05) is 42.5 Å². The van der Waals surface area contributed by atoms with Gasteiger partial charge in [0.25, 0.3) is 22.6 Å². The fourth-order valence-electron chi connectivity index (χ4n) is 3.77. The van der Waals surface area contributed by atoms with Gasteiger partial charge in [-0.05, 0) is 47.7 Å². The topological polar surface area (TPSA) is 114 Å². The smallest absolute Gasteiger partial charge is 0.293 e. The van der Waals surface area contributed by atoms with Crippen molar-refractivity contribution in [2.24, 2.45) is 0 Å². The molecule has 9 nitrogen and oxygen atoms in total. The molecule has 0 atom stereocenters. The third kappa shape index (κ3) is 4.53. The highest BCUT2D eigenvalue weighted by molar-refractivity contribution is 8.18. The number of hydrogen-bond donors (Lipinski definition) is 1. The summed E-state index contributed by atoms with van der Waals surface area (Å²) in [4.78, 5) is 56.6. The molecule has 10 heteroatoms. The standard InChI is InChI=1S/C26H19N5O4S/c32-23(28-13-14-30-25(34)21(36-26(30)35)15-17-7-6-12-27-16-17)22-19-10-4-5-11-20(19)24(33)31(29-22)18-8-2-1-3-9-18/h1-12,15-16H,13-14H2,(H,28,32)/b21-15-. The summed E-state index contributed by atoms with van der Waals surface area (Å²) in [7, 11) is 0. The second-order valence-electron chi connectivity index (χ2n) is 7.82. The zero-order valence-corrected chi connectivity index (χ0v) is 19.6. The average Bonchev–Trinajstić information content (AvgIpc) is 3.17. The molecular weight excluding hydrogens is 478 g/mol. The van der Waals surface area contributed by atoms with Crippen molar-refractivity contribution >= 4 is 45.7 Å². The summed E-state index contributed by atoms with van der Waals surface area (Å²) in [6, 6.07) is 19.1. The first-order chi connectivity index (χ1) is 17.5. The highest BCUT2D eigenvalue weighted by atomic mass is 32.2. The van der Waals surface area contributed by atoms with E-state index in [4.69, 9.17) is 0 Å². The van der Waals surface area contributed by atoms with Crippen LogP contribution in [0.15, 0.2) is 88.8 Å². The maximum absolute atomic E-state index is 13.1. The van der Waals surface area contributed by atoms with E-state index in [1.54, 1.807) is 79.1 Å². The van der Waals surface area contributed by atoms with Crippen LogP contribution >= 0.6 is 11.8 Å². The maximum atomic E-state index is 13.1. The molecule has 3 heterocycles. The lowest BCUT2D eigenvalue weighted by atomic mass is 10.1. The number of pyridine rings is 1. The molecule has 2 aromatic heterocycles. The van der Waals surface area contributed by atoms with Crippen molar-refractivity contribution in [2.75, 3.05) is 13.1 Å². The van der Waals surface area contributed by atoms with Crippen molar-refractivity contribution in [1.29, 1.82) is 0 Å². The molecule has 4 aromatic rings. The first-order valence-electron chi connectivity index (χ1n) is 11.0. The fourth-order valence-corrected chi connectivity index (χ4v) is 4.64. The fraction of sp³-hybridized carbons (Fsp3) is 0.0769. The molecule has 0 aliphatic carbocycles. The monoisotopic (exact) mass is 497 g/mol. The molecule has 178 valence electrons. The lowest BCUT2D eigenvalue weighted by Gasteiger charge is -2.14. The minimum absolute atomic E-state index is 0.00293. The number of nitrogens with zero attached hydrogens (tertiary/aromatic N) is 4. The van der Waals surface area contributed by atoms with Crippen LogP contribution in [0, 0.1) is 0 Å². The van der Waals surface area contributed by atoms with E-state index in [-0.39, 0.29) is 24.3 Å². The summed E-state index contributed by atoms with van der Waals surface area (Å²) in [6.07, 6.45) is 4.83. The van der Waals surface area contributed by atoms with Crippen LogP contribution in [0.4, 0.5) is 4.79 Å². The molecule has 1 aliphatic heterocycles. The predicted octanol–water partition coefficient (Wildman–Crippen LogP) is 3.25. The summed E-state index contributed by atoms with van der Waals surface area (Å²) in [5.74, 6) is -0.946. The molecule has 5 rings (SSSR count). The van der Waals surface area contributed by atoms with Crippen LogP contribution in [-0.2, 0) is 4.79 Å². The first kappa shape index (κ1) is 23.2. The van der Waals surface area contributed by atoms with E-state index in [0.29, 0.717) is 26.9 Å². The summed E-state index contributed by atoms with van der Waals surface area (Å²) in [6.45, 7) is 0.0224. The van der Waals surface area contributed by atoms with Crippen molar-refractivity contribution in [1.82, 2.24) is 25.0 Å². The summed E-state index contributed by atoms with van der Waals surface area (Å²) in [5.41, 5.74) is 0.967. The molecule has 0 saturated carbocycles. The number of thioether (sulfide) groups is 1. The Morgan fingerprint density at radius 2 is 1.69 bits per heavy atom. The van der Waals surface area contributed by atoms with Gasteiger partial charge in [-0.15, -0.1) is 0 Å². The molecule has 0 spiro atoms. The van der Waals surface area contributed by atoms with E-state index < -0.39 is 17.1 Å². The molecule has 1 aliphatic rings. The van der Waals surface area contributed by atoms with Crippen LogP contribution in [0.25, 0.3) is 22.5 Å². The third-order valence-corrected chi connectivity index (χ3v) is 6.40. The number of carbonyl (C=O) groups is 3. The maximum Gasteiger partial charge on any atom is 0.293 e. The van der Waals surface area contributed by atoms with E-state index >= 15 is 0 Å². The van der Waals surface area contributed by atoms with Gasteiger partial charge in [0, 0.05) is 30.9 Å². The number of fused-ring (bicyclic) bond motifs is 1. The van der Waals surface area contributed by atoms with E-state index in [0.717, 1.165) is 16.7 Å². The van der Waals surface area contributed by atoms with Gasteiger partial charge in [-0.2, -0.15) is 9.78 Å². The number of nitrogens with one attached hydrogen (secondary N) is 1. The Labute approximate surface area is 209 Å². The zero-order valence-electron chi connectivity index (χ0n) is 18.8. The normalized spacial score (nSPS) is 14.6. The number of aromatic nitrogens is 3. The van der Waals surface area contributed by atoms with Crippen LogP contribution in [-0.4, -0.2) is 49.8 Å². The van der Waals surface area contributed by atoms with Gasteiger partial charge in [-0.25, -0.2) is 0 Å². The molecule has 0 radical (unpaired) electrons. The van der Waals surface area contributed by atoms with Gasteiger partial charge in [0.05, 0.1) is 16.0 Å². The Morgan fingerprint density at radius 1 is 0.944 bits per heavy atom. The number of amides is 3. The second-order valence-corrected chi connectivity index (χ2v) is 8.82. The number of benzene rings is 2. The molecule has 0 bridgehead atoms. The molecular formula is C26H19N5O4S. The minimum atomic E-state index is -0.520. The quantitative estimate of drug-likeness (QED) is 0.407. The lowest BCUT2D eigenvalue weighted by Crippen LogP contribution is -2.38. The van der Waals surface area contributed by atoms with Crippen LogP contribution in [0.2, 0.25) is 0 Å². The Hall–Kier alpha value is -4.57. The molecule has 2 aromatic carbocycles. The zero-order chi connectivity index (χ0) is 25.1. The molecule has 1 fully saturated rings. The number of para-hydroxylation sites is 1. The minimum Gasteiger partial charge on any atom is -0.349 e. The molecule has 1 N–H and O–H groups in total. The van der Waals surface area contributed by atoms with Crippen LogP contribution < -0.4 is 10.9 Å². The number of carbonyl (C=O) groups excluding carboxylic acids is 3. The predicted molar refractivity (Wildman–Crippen MR) is 137 cm³/mol. The van der Waals surface area contributed by atoms with Crippen LogP contribution in [0.3, 0.4) is 0 Å². The summed E-state index contributed by atoms with van der Waals surface area (Å²) < 4.78 is 1.19. The van der Waals surface area contributed by atoms with Gasteiger partial charge < -0.3 is 5.32 Å². The first-order valence-corrected chi connectivity index (χ1v) is 11.9. The van der Waals surface area contributed by atoms with E-state index in [1.165, 1.54) is 4.68 Å². The van der Waals surface area contributed by atoms with Gasteiger partial charge in [0.15, 0.2) is 5.69 Å². The molecule has 0 unspecified atom stereocenters. The number of hydrogen-bond acceptors (Lipinski definition) is 7. The molecule has 3 amide bonds. The van der Waals surface area contributed by atoms with Crippen molar-refractivity contribution in [3.05, 3.63) is 106 Å².